The summed E-state index contributed by atoms with van der Waals surface area (Å²) in [6, 6.07) is 8.25. The molecule has 1 fully saturated rings. The van der Waals surface area contributed by atoms with E-state index in [9.17, 15) is 0 Å². The first-order chi connectivity index (χ1) is 7.92. The van der Waals surface area contributed by atoms with Gasteiger partial charge >= 0.3 is 0 Å². The first-order valence-electron chi connectivity index (χ1n) is 6.06. The van der Waals surface area contributed by atoms with E-state index in [1.54, 1.807) is 0 Å². The predicted molar refractivity (Wildman–Crippen MR) is 72.6 cm³/mol. The van der Waals surface area contributed by atoms with Crippen LogP contribution in [0.5, 0.6) is 0 Å². The Morgan fingerprint density at radius 3 is 2.71 bits per heavy atom. The summed E-state index contributed by atoms with van der Waals surface area (Å²) in [5.74, 6) is 1.94. The van der Waals surface area contributed by atoms with Crippen molar-refractivity contribution in [1.82, 2.24) is 15.3 Å². The van der Waals surface area contributed by atoms with Crippen molar-refractivity contribution in [1.29, 1.82) is 0 Å². The molecule has 2 heterocycles. The molecule has 1 saturated heterocycles. The Balaban J connectivity index is 0.00000108. The average molecular weight is 252 g/mol. The molecule has 3 rings (SSSR count). The summed E-state index contributed by atoms with van der Waals surface area (Å²) in [6.45, 7) is 2.32. The van der Waals surface area contributed by atoms with Gasteiger partial charge in [0.1, 0.15) is 5.82 Å². The summed E-state index contributed by atoms with van der Waals surface area (Å²) >= 11 is 0. The maximum absolute atomic E-state index is 4.63. The number of fused-ring (bicyclic) bond motifs is 1. The van der Waals surface area contributed by atoms with Gasteiger partial charge in [0.15, 0.2) is 0 Å². The van der Waals surface area contributed by atoms with E-state index in [2.05, 4.69) is 33.5 Å². The third-order valence-electron chi connectivity index (χ3n) is 3.38. The van der Waals surface area contributed by atoms with Crippen LogP contribution in [0, 0.1) is 5.92 Å². The second kappa shape index (κ2) is 5.52. The number of nitrogens with zero attached hydrogens (tertiary/aromatic N) is 1. The molecule has 92 valence electrons. The van der Waals surface area contributed by atoms with Gasteiger partial charge in [-0.1, -0.05) is 12.1 Å². The zero-order chi connectivity index (χ0) is 10.8. The highest BCUT2D eigenvalue weighted by Gasteiger charge is 2.15. The maximum atomic E-state index is 4.63. The molecule has 1 aromatic carbocycles. The second-order valence-corrected chi connectivity index (χ2v) is 4.60. The number of piperidine rings is 1. The van der Waals surface area contributed by atoms with Gasteiger partial charge in [0.2, 0.25) is 0 Å². The lowest BCUT2D eigenvalue weighted by molar-refractivity contribution is 0.368. The fourth-order valence-corrected chi connectivity index (χ4v) is 2.46. The molecular weight excluding hydrogens is 234 g/mol. The predicted octanol–water partition coefficient (Wildman–Crippen LogP) is 2.53. The van der Waals surface area contributed by atoms with E-state index in [1.165, 1.54) is 12.8 Å². The second-order valence-electron chi connectivity index (χ2n) is 4.60. The van der Waals surface area contributed by atoms with Crippen molar-refractivity contribution in [2.24, 2.45) is 5.92 Å². The van der Waals surface area contributed by atoms with E-state index in [1.807, 2.05) is 6.07 Å². The van der Waals surface area contributed by atoms with Crippen LogP contribution in [0.3, 0.4) is 0 Å². The number of nitrogens with one attached hydrogen (secondary N) is 2. The number of halogens is 1. The Hall–Kier alpha value is -1.06. The van der Waals surface area contributed by atoms with Crippen molar-refractivity contribution in [3.05, 3.63) is 30.1 Å². The topological polar surface area (TPSA) is 40.7 Å². The standard InChI is InChI=1S/C13H17N3.ClH/c1-2-4-12-11(3-1)15-13(16-12)9-10-5-7-14-8-6-10;/h1-4,10,14H,5-9H2,(H,15,16);1H. The van der Waals surface area contributed by atoms with E-state index in [-0.39, 0.29) is 12.4 Å². The van der Waals surface area contributed by atoms with Crippen molar-refractivity contribution in [2.45, 2.75) is 19.3 Å². The van der Waals surface area contributed by atoms with Gasteiger partial charge in [0.05, 0.1) is 11.0 Å². The van der Waals surface area contributed by atoms with Crippen LogP contribution < -0.4 is 5.32 Å². The first-order valence-corrected chi connectivity index (χ1v) is 6.06. The molecule has 0 bridgehead atoms. The molecule has 0 unspecified atom stereocenters. The number of benzene rings is 1. The SMILES string of the molecule is Cl.c1ccc2[nH]c(CC3CCNCC3)nc2c1. The van der Waals surface area contributed by atoms with Gasteiger partial charge in [0, 0.05) is 6.42 Å². The van der Waals surface area contributed by atoms with Crippen LogP contribution in [0.15, 0.2) is 24.3 Å². The van der Waals surface area contributed by atoms with Gasteiger partial charge in [-0.05, 0) is 44.0 Å². The number of H-pyrrole nitrogens is 1. The number of para-hydroxylation sites is 2. The molecule has 2 aromatic rings. The van der Waals surface area contributed by atoms with Crippen molar-refractivity contribution in [3.63, 3.8) is 0 Å². The molecule has 1 aliphatic rings. The van der Waals surface area contributed by atoms with E-state index in [0.717, 1.165) is 42.3 Å². The van der Waals surface area contributed by atoms with Crippen molar-refractivity contribution >= 4 is 23.4 Å². The molecule has 0 atom stereocenters. The highest BCUT2D eigenvalue weighted by Crippen LogP contribution is 2.18. The van der Waals surface area contributed by atoms with Gasteiger partial charge in [0.25, 0.3) is 0 Å². The summed E-state index contributed by atoms with van der Waals surface area (Å²) in [7, 11) is 0. The van der Waals surface area contributed by atoms with Gasteiger partial charge < -0.3 is 10.3 Å². The van der Waals surface area contributed by atoms with Crippen LogP contribution in [0.2, 0.25) is 0 Å². The number of aromatic nitrogens is 2. The monoisotopic (exact) mass is 251 g/mol. The lowest BCUT2D eigenvalue weighted by Crippen LogP contribution is -2.28. The minimum absolute atomic E-state index is 0. The van der Waals surface area contributed by atoms with Crippen LogP contribution in [0.25, 0.3) is 11.0 Å². The summed E-state index contributed by atoms with van der Waals surface area (Å²) < 4.78 is 0. The molecule has 17 heavy (non-hydrogen) atoms. The van der Waals surface area contributed by atoms with Crippen molar-refractivity contribution < 1.29 is 0 Å². The molecule has 1 aliphatic heterocycles. The fraction of sp³-hybridized carbons (Fsp3) is 0.462. The van der Waals surface area contributed by atoms with Gasteiger partial charge in [-0.25, -0.2) is 4.98 Å². The van der Waals surface area contributed by atoms with E-state index in [0.29, 0.717) is 0 Å². The summed E-state index contributed by atoms with van der Waals surface area (Å²) in [6.07, 6.45) is 3.64. The number of hydrogen-bond acceptors (Lipinski definition) is 2. The lowest BCUT2D eigenvalue weighted by Gasteiger charge is -2.21. The lowest BCUT2D eigenvalue weighted by atomic mass is 9.94. The van der Waals surface area contributed by atoms with Crippen LogP contribution in [0.1, 0.15) is 18.7 Å². The molecule has 0 saturated carbocycles. The largest absolute Gasteiger partial charge is 0.342 e. The zero-order valence-corrected chi connectivity index (χ0v) is 10.6. The normalized spacial score (nSPS) is 16.9. The van der Waals surface area contributed by atoms with Crippen LogP contribution in [-0.4, -0.2) is 23.1 Å². The molecule has 0 amide bonds. The smallest absolute Gasteiger partial charge is 0.107 e. The Kier molecular flexibility index (Phi) is 4.02. The van der Waals surface area contributed by atoms with Gasteiger partial charge in [-0.15, -0.1) is 12.4 Å². The Bertz CT molecular complexity index is 441. The van der Waals surface area contributed by atoms with Crippen LogP contribution in [0.4, 0.5) is 0 Å². The Labute approximate surface area is 107 Å². The third kappa shape index (κ3) is 2.79. The molecule has 0 aliphatic carbocycles. The van der Waals surface area contributed by atoms with Gasteiger partial charge in [-0.2, -0.15) is 0 Å². The minimum Gasteiger partial charge on any atom is -0.342 e. The first kappa shape index (κ1) is 12.4. The molecule has 0 radical (unpaired) electrons. The van der Waals surface area contributed by atoms with E-state index < -0.39 is 0 Å². The quantitative estimate of drug-likeness (QED) is 0.861. The number of rotatable bonds is 2. The molecule has 0 spiro atoms. The van der Waals surface area contributed by atoms with Gasteiger partial charge in [-0.3, -0.25) is 0 Å². The Morgan fingerprint density at radius 2 is 1.94 bits per heavy atom. The summed E-state index contributed by atoms with van der Waals surface area (Å²) in [4.78, 5) is 8.04. The molecule has 4 heteroatoms. The van der Waals surface area contributed by atoms with Crippen molar-refractivity contribution in [2.75, 3.05) is 13.1 Å². The molecular formula is C13H18ClN3. The van der Waals surface area contributed by atoms with Crippen LogP contribution in [-0.2, 0) is 6.42 Å². The van der Waals surface area contributed by atoms with Crippen LogP contribution >= 0.6 is 12.4 Å². The minimum atomic E-state index is 0. The maximum Gasteiger partial charge on any atom is 0.107 e. The molecule has 3 nitrogen and oxygen atoms in total. The summed E-state index contributed by atoms with van der Waals surface area (Å²) in [5, 5.41) is 3.40. The average Bonchev–Trinajstić information content (AvgIpc) is 2.72. The summed E-state index contributed by atoms with van der Waals surface area (Å²) in [5.41, 5.74) is 2.25. The highest BCUT2D eigenvalue weighted by atomic mass is 35.5. The molecule has 1 aromatic heterocycles. The zero-order valence-electron chi connectivity index (χ0n) is 9.78. The number of aromatic amines is 1. The Morgan fingerprint density at radius 1 is 1.18 bits per heavy atom. The number of imidazole rings is 1. The fourth-order valence-electron chi connectivity index (χ4n) is 2.46. The number of hydrogen-bond donors (Lipinski definition) is 2. The van der Waals surface area contributed by atoms with E-state index in [4.69, 9.17) is 0 Å². The highest BCUT2D eigenvalue weighted by molar-refractivity contribution is 5.85. The third-order valence-corrected chi connectivity index (χ3v) is 3.38. The van der Waals surface area contributed by atoms with E-state index >= 15 is 0 Å². The molecule has 2 N–H and O–H groups in total. The van der Waals surface area contributed by atoms with Crippen molar-refractivity contribution in [3.8, 4) is 0 Å².